The number of carbonyl (C=O) groups excluding carboxylic acids is 1. The second kappa shape index (κ2) is 5.76. The van der Waals surface area contributed by atoms with Crippen LogP contribution in [0.1, 0.15) is 32.6 Å². The SMILES string of the molecule is CC1CN(C(=O)C2CCCCS2)CCC1=NO. The Balaban J connectivity index is 1.92. The first-order chi connectivity index (χ1) is 8.22. The largest absolute Gasteiger partial charge is 0.411 e. The van der Waals surface area contributed by atoms with Crippen LogP contribution in [0.2, 0.25) is 0 Å². The molecule has 2 saturated heterocycles. The molecule has 1 amide bonds. The molecule has 2 atom stereocenters. The van der Waals surface area contributed by atoms with Crippen molar-refractivity contribution in [3.63, 3.8) is 0 Å². The van der Waals surface area contributed by atoms with E-state index in [1.54, 1.807) is 11.8 Å². The molecule has 5 heteroatoms. The summed E-state index contributed by atoms with van der Waals surface area (Å²) < 4.78 is 0. The molecule has 17 heavy (non-hydrogen) atoms. The number of hydrogen-bond donors (Lipinski definition) is 1. The minimum absolute atomic E-state index is 0.170. The maximum atomic E-state index is 12.3. The van der Waals surface area contributed by atoms with Gasteiger partial charge < -0.3 is 10.1 Å². The van der Waals surface area contributed by atoms with Gasteiger partial charge in [-0.05, 0) is 18.6 Å². The number of rotatable bonds is 1. The fourth-order valence-corrected chi connectivity index (χ4v) is 3.79. The minimum Gasteiger partial charge on any atom is -0.411 e. The van der Waals surface area contributed by atoms with Gasteiger partial charge in [-0.15, -0.1) is 11.8 Å². The van der Waals surface area contributed by atoms with E-state index in [1.165, 1.54) is 12.8 Å². The average Bonchev–Trinajstić information content (AvgIpc) is 2.39. The van der Waals surface area contributed by atoms with E-state index < -0.39 is 0 Å². The van der Waals surface area contributed by atoms with Gasteiger partial charge in [-0.25, -0.2) is 0 Å². The summed E-state index contributed by atoms with van der Waals surface area (Å²) in [5.74, 6) is 1.59. The third-order valence-electron chi connectivity index (χ3n) is 3.60. The Hall–Kier alpha value is -0.710. The number of nitrogens with zero attached hydrogens (tertiary/aromatic N) is 2. The van der Waals surface area contributed by atoms with Gasteiger partial charge >= 0.3 is 0 Å². The Morgan fingerprint density at radius 3 is 2.94 bits per heavy atom. The van der Waals surface area contributed by atoms with E-state index in [0.29, 0.717) is 25.4 Å². The van der Waals surface area contributed by atoms with E-state index >= 15 is 0 Å². The fourth-order valence-electron chi connectivity index (χ4n) is 2.51. The molecular weight excluding hydrogens is 236 g/mol. The topological polar surface area (TPSA) is 52.9 Å². The lowest BCUT2D eigenvalue weighted by molar-refractivity contribution is -0.131. The second-order valence-electron chi connectivity index (χ2n) is 4.88. The Kier molecular flexibility index (Phi) is 4.31. The molecule has 0 saturated carbocycles. The van der Waals surface area contributed by atoms with Crippen LogP contribution in [0, 0.1) is 5.92 Å². The van der Waals surface area contributed by atoms with E-state index in [1.807, 2.05) is 11.8 Å². The van der Waals surface area contributed by atoms with Crippen LogP contribution in [0.4, 0.5) is 0 Å². The lowest BCUT2D eigenvalue weighted by Crippen LogP contribution is -2.47. The number of amides is 1. The van der Waals surface area contributed by atoms with Gasteiger partial charge in [0.2, 0.25) is 5.91 Å². The van der Waals surface area contributed by atoms with Crippen molar-refractivity contribution >= 4 is 23.4 Å². The molecule has 2 rings (SSSR count). The first-order valence-corrected chi connectivity index (χ1v) is 7.38. The maximum Gasteiger partial charge on any atom is 0.235 e. The number of likely N-dealkylation sites (tertiary alicyclic amines) is 1. The summed E-state index contributed by atoms with van der Waals surface area (Å²) in [5, 5.41) is 12.3. The predicted octanol–water partition coefficient (Wildman–Crippen LogP) is 1.97. The minimum atomic E-state index is 0.170. The molecule has 0 bridgehead atoms. The quantitative estimate of drug-likeness (QED) is 0.576. The third-order valence-corrected chi connectivity index (χ3v) is 4.96. The Morgan fingerprint density at radius 2 is 2.35 bits per heavy atom. The zero-order valence-electron chi connectivity index (χ0n) is 10.3. The van der Waals surface area contributed by atoms with Crippen molar-refractivity contribution in [2.75, 3.05) is 18.8 Å². The second-order valence-corrected chi connectivity index (χ2v) is 6.19. The molecule has 0 aromatic heterocycles. The number of hydrogen-bond acceptors (Lipinski definition) is 4. The molecule has 0 aliphatic carbocycles. The van der Waals surface area contributed by atoms with Gasteiger partial charge in [-0.1, -0.05) is 18.5 Å². The van der Waals surface area contributed by atoms with Gasteiger partial charge in [0.25, 0.3) is 0 Å². The van der Waals surface area contributed by atoms with E-state index in [0.717, 1.165) is 17.9 Å². The van der Waals surface area contributed by atoms with Gasteiger partial charge in [-0.3, -0.25) is 4.79 Å². The molecule has 0 spiro atoms. The molecule has 2 fully saturated rings. The number of oxime groups is 1. The lowest BCUT2D eigenvalue weighted by atomic mass is 9.97. The summed E-state index contributed by atoms with van der Waals surface area (Å²) in [6.07, 6.45) is 4.15. The van der Waals surface area contributed by atoms with Crippen LogP contribution in [0.3, 0.4) is 0 Å². The molecular formula is C12H20N2O2S. The summed E-state index contributed by atoms with van der Waals surface area (Å²) in [5.41, 5.74) is 0.824. The van der Waals surface area contributed by atoms with Crippen molar-refractivity contribution < 1.29 is 10.0 Å². The molecule has 96 valence electrons. The first kappa shape index (κ1) is 12.7. The van der Waals surface area contributed by atoms with Gasteiger partial charge in [0.05, 0.1) is 11.0 Å². The normalized spacial score (nSPS) is 32.8. The lowest BCUT2D eigenvalue weighted by Gasteiger charge is -2.34. The summed E-state index contributed by atoms with van der Waals surface area (Å²) in [6.45, 7) is 3.43. The molecule has 0 radical (unpaired) electrons. The van der Waals surface area contributed by atoms with Gasteiger partial charge in [0.15, 0.2) is 0 Å². The van der Waals surface area contributed by atoms with Crippen molar-refractivity contribution in [2.24, 2.45) is 11.1 Å². The van der Waals surface area contributed by atoms with Crippen LogP contribution in [0.5, 0.6) is 0 Å². The van der Waals surface area contributed by atoms with Crippen LogP contribution >= 0.6 is 11.8 Å². The van der Waals surface area contributed by atoms with Crippen LogP contribution < -0.4 is 0 Å². The Morgan fingerprint density at radius 1 is 1.53 bits per heavy atom. The molecule has 2 unspecified atom stereocenters. The molecule has 2 aliphatic heterocycles. The highest BCUT2D eigenvalue weighted by Crippen LogP contribution is 2.27. The van der Waals surface area contributed by atoms with E-state index in [4.69, 9.17) is 5.21 Å². The number of piperidine rings is 1. The molecule has 0 aromatic rings. The molecule has 2 aliphatic rings. The monoisotopic (exact) mass is 256 g/mol. The molecule has 4 nitrogen and oxygen atoms in total. The van der Waals surface area contributed by atoms with Crippen LogP contribution in [-0.2, 0) is 4.79 Å². The summed E-state index contributed by atoms with van der Waals surface area (Å²) >= 11 is 1.80. The summed E-state index contributed by atoms with van der Waals surface area (Å²) in [7, 11) is 0. The van der Waals surface area contributed by atoms with E-state index in [9.17, 15) is 4.79 Å². The Labute approximate surface area is 106 Å². The molecule has 0 aromatic carbocycles. The molecule has 2 heterocycles. The summed E-state index contributed by atoms with van der Waals surface area (Å²) in [4.78, 5) is 14.2. The summed E-state index contributed by atoms with van der Waals surface area (Å²) in [6, 6.07) is 0. The van der Waals surface area contributed by atoms with Crippen molar-refractivity contribution in [1.82, 2.24) is 4.90 Å². The smallest absolute Gasteiger partial charge is 0.235 e. The Bertz CT molecular complexity index is 314. The fraction of sp³-hybridized carbons (Fsp3) is 0.833. The van der Waals surface area contributed by atoms with Crippen LogP contribution in [0.25, 0.3) is 0 Å². The van der Waals surface area contributed by atoms with Gasteiger partial charge in [-0.2, -0.15) is 0 Å². The van der Waals surface area contributed by atoms with E-state index in [2.05, 4.69) is 5.16 Å². The van der Waals surface area contributed by atoms with Crippen molar-refractivity contribution in [2.45, 2.75) is 37.9 Å². The highest BCUT2D eigenvalue weighted by molar-refractivity contribution is 8.00. The van der Waals surface area contributed by atoms with Crippen molar-refractivity contribution in [3.8, 4) is 0 Å². The third kappa shape index (κ3) is 2.94. The van der Waals surface area contributed by atoms with Crippen molar-refractivity contribution in [3.05, 3.63) is 0 Å². The van der Waals surface area contributed by atoms with Crippen LogP contribution in [-0.4, -0.2) is 45.8 Å². The zero-order chi connectivity index (χ0) is 12.3. The van der Waals surface area contributed by atoms with E-state index in [-0.39, 0.29) is 11.2 Å². The predicted molar refractivity (Wildman–Crippen MR) is 69.7 cm³/mol. The zero-order valence-corrected chi connectivity index (χ0v) is 11.1. The number of thioether (sulfide) groups is 1. The average molecular weight is 256 g/mol. The van der Waals surface area contributed by atoms with Gasteiger partial charge in [0, 0.05) is 25.4 Å². The van der Waals surface area contributed by atoms with Crippen LogP contribution in [0.15, 0.2) is 5.16 Å². The highest BCUT2D eigenvalue weighted by Gasteiger charge is 2.31. The maximum absolute atomic E-state index is 12.3. The first-order valence-electron chi connectivity index (χ1n) is 6.33. The highest BCUT2D eigenvalue weighted by atomic mass is 32.2. The number of carbonyl (C=O) groups is 1. The van der Waals surface area contributed by atoms with Gasteiger partial charge in [0.1, 0.15) is 0 Å². The molecule has 1 N–H and O–H groups in total. The standard InChI is InChI=1S/C12H20N2O2S/c1-9-8-14(6-5-10(9)13-16)12(15)11-4-2-3-7-17-11/h9,11,16H,2-8H2,1H3. The van der Waals surface area contributed by atoms with Crippen molar-refractivity contribution in [1.29, 1.82) is 0 Å².